The van der Waals surface area contributed by atoms with Crippen LogP contribution in [0, 0.1) is 5.82 Å². The SMILES string of the molecule is CNCC1CCCCN1S(=O)(=O)Nc1ccc(F)c(Cl)c1. The first kappa shape index (κ1) is 16.5. The summed E-state index contributed by atoms with van der Waals surface area (Å²) in [4.78, 5) is 0. The van der Waals surface area contributed by atoms with Crippen LogP contribution in [0.5, 0.6) is 0 Å². The second kappa shape index (κ2) is 6.91. The molecule has 0 aliphatic carbocycles. The molecule has 118 valence electrons. The Morgan fingerprint density at radius 3 is 2.86 bits per heavy atom. The fraction of sp³-hybridized carbons (Fsp3) is 0.538. The standard InChI is InChI=1S/C13H19ClFN3O2S/c1-16-9-11-4-2-3-7-18(11)21(19,20)17-10-5-6-13(15)12(14)8-10/h5-6,8,11,16-17H,2-4,7,9H2,1H3. The van der Waals surface area contributed by atoms with Gasteiger partial charge in [0, 0.05) is 19.1 Å². The van der Waals surface area contributed by atoms with E-state index < -0.39 is 16.0 Å². The van der Waals surface area contributed by atoms with E-state index in [4.69, 9.17) is 11.6 Å². The molecular weight excluding hydrogens is 317 g/mol. The zero-order valence-corrected chi connectivity index (χ0v) is 13.3. The number of nitrogens with zero attached hydrogens (tertiary/aromatic N) is 1. The molecule has 5 nitrogen and oxygen atoms in total. The number of anilines is 1. The average molecular weight is 336 g/mol. The molecule has 0 spiro atoms. The predicted octanol–water partition coefficient (Wildman–Crippen LogP) is 2.21. The van der Waals surface area contributed by atoms with E-state index in [0.29, 0.717) is 13.1 Å². The number of hydrogen-bond donors (Lipinski definition) is 2. The van der Waals surface area contributed by atoms with Crippen LogP contribution in [0.4, 0.5) is 10.1 Å². The highest BCUT2D eigenvalue weighted by molar-refractivity contribution is 7.90. The maximum absolute atomic E-state index is 13.1. The molecule has 0 bridgehead atoms. The number of rotatable bonds is 5. The number of benzene rings is 1. The molecule has 1 aliphatic heterocycles. The number of halogens is 2. The van der Waals surface area contributed by atoms with E-state index in [9.17, 15) is 12.8 Å². The molecule has 1 aromatic carbocycles. The Morgan fingerprint density at radius 2 is 2.19 bits per heavy atom. The summed E-state index contributed by atoms with van der Waals surface area (Å²) in [6.45, 7) is 1.09. The molecule has 1 aromatic rings. The molecule has 0 aromatic heterocycles. The lowest BCUT2D eigenvalue weighted by Gasteiger charge is -2.34. The van der Waals surface area contributed by atoms with Gasteiger partial charge < -0.3 is 5.32 Å². The first-order valence-corrected chi connectivity index (χ1v) is 8.65. The van der Waals surface area contributed by atoms with Gasteiger partial charge in [0.1, 0.15) is 5.82 Å². The molecule has 0 radical (unpaired) electrons. The van der Waals surface area contributed by atoms with E-state index in [0.717, 1.165) is 25.3 Å². The Morgan fingerprint density at radius 1 is 1.43 bits per heavy atom. The van der Waals surface area contributed by atoms with Crippen LogP contribution in [0.1, 0.15) is 19.3 Å². The molecule has 1 fully saturated rings. The summed E-state index contributed by atoms with van der Waals surface area (Å²) in [6.07, 6.45) is 2.68. The Hall–Kier alpha value is -0.890. The number of hydrogen-bond acceptors (Lipinski definition) is 3. The summed E-state index contributed by atoms with van der Waals surface area (Å²) in [5, 5.41) is 2.90. The maximum Gasteiger partial charge on any atom is 0.301 e. The lowest BCUT2D eigenvalue weighted by atomic mass is 10.1. The van der Waals surface area contributed by atoms with Crippen LogP contribution >= 0.6 is 11.6 Å². The first-order valence-electron chi connectivity index (χ1n) is 6.83. The van der Waals surface area contributed by atoms with Crippen molar-refractivity contribution in [3.63, 3.8) is 0 Å². The topological polar surface area (TPSA) is 61.4 Å². The molecule has 2 rings (SSSR count). The van der Waals surface area contributed by atoms with Crippen LogP contribution in [-0.2, 0) is 10.2 Å². The minimum atomic E-state index is -3.68. The number of piperidine rings is 1. The Kier molecular flexibility index (Phi) is 5.43. The van der Waals surface area contributed by atoms with Crippen molar-refractivity contribution in [2.24, 2.45) is 0 Å². The molecule has 1 unspecified atom stereocenters. The summed E-state index contributed by atoms with van der Waals surface area (Å²) in [5.74, 6) is -0.578. The first-order chi connectivity index (χ1) is 9.94. The molecule has 1 atom stereocenters. The van der Waals surface area contributed by atoms with E-state index in [1.54, 1.807) is 7.05 Å². The third kappa shape index (κ3) is 4.06. The zero-order valence-electron chi connectivity index (χ0n) is 11.8. The van der Waals surface area contributed by atoms with Gasteiger partial charge in [-0.15, -0.1) is 0 Å². The van der Waals surface area contributed by atoms with E-state index in [-0.39, 0.29) is 16.8 Å². The second-order valence-corrected chi connectivity index (χ2v) is 7.08. The van der Waals surface area contributed by atoms with Gasteiger partial charge in [-0.3, -0.25) is 4.72 Å². The van der Waals surface area contributed by atoms with Gasteiger partial charge in [0.05, 0.1) is 10.7 Å². The lowest BCUT2D eigenvalue weighted by Crippen LogP contribution is -2.49. The van der Waals surface area contributed by atoms with Gasteiger partial charge in [-0.25, -0.2) is 4.39 Å². The molecule has 21 heavy (non-hydrogen) atoms. The monoisotopic (exact) mass is 335 g/mol. The third-order valence-electron chi connectivity index (χ3n) is 3.49. The molecule has 0 saturated carbocycles. The highest BCUT2D eigenvalue weighted by Gasteiger charge is 2.31. The van der Waals surface area contributed by atoms with Crippen LogP contribution in [0.3, 0.4) is 0 Å². The lowest BCUT2D eigenvalue weighted by molar-refractivity contribution is 0.250. The van der Waals surface area contributed by atoms with Crippen molar-refractivity contribution in [2.75, 3.05) is 24.9 Å². The van der Waals surface area contributed by atoms with Gasteiger partial charge in [-0.1, -0.05) is 18.0 Å². The van der Waals surface area contributed by atoms with Crippen molar-refractivity contribution in [3.8, 4) is 0 Å². The summed E-state index contributed by atoms with van der Waals surface area (Å²) < 4.78 is 42.0. The second-order valence-electron chi connectivity index (χ2n) is 5.05. The van der Waals surface area contributed by atoms with Gasteiger partial charge in [0.25, 0.3) is 0 Å². The van der Waals surface area contributed by atoms with Gasteiger partial charge >= 0.3 is 10.2 Å². The molecule has 1 heterocycles. The van der Waals surface area contributed by atoms with Crippen molar-refractivity contribution < 1.29 is 12.8 Å². The molecule has 0 amide bonds. The molecule has 1 aliphatic rings. The smallest absolute Gasteiger partial charge is 0.301 e. The van der Waals surface area contributed by atoms with Gasteiger partial charge in [0.2, 0.25) is 0 Å². The van der Waals surface area contributed by atoms with E-state index in [1.807, 2.05) is 0 Å². The zero-order chi connectivity index (χ0) is 15.5. The van der Waals surface area contributed by atoms with Crippen molar-refractivity contribution in [1.82, 2.24) is 9.62 Å². The Balaban J connectivity index is 2.17. The van der Waals surface area contributed by atoms with E-state index >= 15 is 0 Å². The molecular formula is C13H19ClFN3O2S. The van der Waals surface area contributed by atoms with Crippen LogP contribution in [-0.4, -0.2) is 38.9 Å². The van der Waals surface area contributed by atoms with Crippen molar-refractivity contribution in [3.05, 3.63) is 29.0 Å². The van der Waals surface area contributed by atoms with Gasteiger partial charge in [-0.05, 0) is 38.1 Å². The fourth-order valence-electron chi connectivity index (χ4n) is 2.50. The molecule has 1 saturated heterocycles. The summed E-state index contributed by atoms with van der Waals surface area (Å²) in [6, 6.07) is 3.69. The highest BCUT2D eigenvalue weighted by atomic mass is 35.5. The normalized spacial score (nSPS) is 20.4. The average Bonchev–Trinajstić information content (AvgIpc) is 2.43. The van der Waals surface area contributed by atoms with E-state index in [2.05, 4.69) is 10.0 Å². The van der Waals surface area contributed by atoms with Gasteiger partial charge in [-0.2, -0.15) is 12.7 Å². The minimum Gasteiger partial charge on any atom is -0.318 e. The van der Waals surface area contributed by atoms with Crippen LogP contribution < -0.4 is 10.0 Å². The minimum absolute atomic E-state index is 0.0721. The summed E-state index contributed by atoms with van der Waals surface area (Å²) in [5.41, 5.74) is 0.259. The van der Waals surface area contributed by atoms with Crippen LogP contribution in [0.2, 0.25) is 5.02 Å². The fourth-order valence-corrected chi connectivity index (χ4v) is 4.16. The maximum atomic E-state index is 13.1. The van der Waals surface area contributed by atoms with E-state index in [1.165, 1.54) is 16.4 Å². The van der Waals surface area contributed by atoms with Crippen molar-refractivity contribution in [1.29, 1.82) is 0 Å². The summed E-state index contributed by atoms with van der Waals surface area (Å²) >= 11 is 5.67. The van der Waals surface area contributed by atoms with Crippen molar-refractivity contribution in [2.45, 2.75) is 25.3 Å². The van der Waals surface area contributed by atoms with Gasteiger partial charge in [0.15, 0.2) is 0 Å². The largest absolute Gasteiger partial charge is 0.318 e. The van der Waals surface area contributed by atoms with Crippen LogP contribution in [0.15, 0.2) is 18.2 Å². The Bertz CT molecular complexity index is 595. The number of nitrogens with one attached hydrogen (secondary N) is 2. The Labute approximate surface area is 129 Å². The highest BCUT2D eigenvalue weighted by Crippen LogP contribution is 2.24. The molecule has 8 heteroatoms. The third-order valence-corrected chi connectivity index (χ3v) is 5.37. The molecule has 2 N–H and O–H groups in total. The summed E-state index contributed by atoms with van der Waals surface area (Å²) in [7, 11) is -1.88. The number of likely N-dealkylation sites (N-methyl/N-ethyl adjacent to an activating group) is 1. The quantitative estimate of drug-likeness (QED) is 0.867. The predicted molar refractivity (Wildman–Crippen MR) is 82.2 cm³/mol. The van der Waals surface area contributed by atoms with Crippen molar-refractivity contribution >= 4 is 27.5 Å². The van der Waals surface area contributed by atoms with Crippen LogP contribution in [0.25, 0.3) is 0 Å².